The Kier molecular flexibility index (Phi) is 50.8. The Morgan fingerprint density at radius 3 is 1.16 bits per heavy atom. The number of aliphatic hydroxyl groups is 1. The summed E-state index contributed by atoms with van der Waals surface area (Å²) in [6, 6.07) is 0. The first kappa shape index (κ1) is 65.3. The van der Waals surface area contributed by atoms with E-state index >= 15 is 0 Å². The molecule has 398 valence electrons. The van der Waals surface area contributed by atoms with Crippen LogP contribution >= 0.6 is 0 Å². The summed E-state index contributed by atoms with van der Waals surface area (Å²) in [5.74, 6) is 0.459. The van der Waals surface area contributed by atoms with Gasteiger partial charge in [0.25, 0.3) is 0 Å². The largest absolute Gasteiger partial charge is 0.465 e. The van der Waals surface area contributed by atoms with Crippen LogP contribution in [0.1, 0.15) is 279 Å². The van der Waals surface area contributed by atoms with E-state index in [2.05, 4.69) is 49.7 Å². The quantitative estimate of drug-likeness (QED) is 0.0458. The Hall–Kier alpha value is -1.71. The molecule has 0 aromatic carbocycles. The van der Waals surface area contributed by atoms with E-state index in [1.54, 1.807) is 0 Å². The van der Waals surface area contributed by atoms with Gasteiger partial charge in [-0.15, -0.1) is 0 Å². The molecule has 0 aliphatic rings. The Bertz CT molecular complexity index is 1010. The molecule has 1 amide bonds. The average molecular weight is 951 g/mol. The summed E-state index contributed by atoms with van der Waals surface area (Å²) in [4.78, 5) is 43.0. The third kappa shape index (κ3) is 44.0. The first-order chi connectivity index (χ1) is 32.9. The van der Waals surface area contributed by atoms with Gasteiger partial charge in [0.05, 0.1) is 31.7 Å². The second kappa shape index (κ2) is 52.1. The molecule has 0 fully saturated rings. The third-order valence-electron chi connectivity index (χ3n) is 13.9. The van der Waals surface area contributed by atoms with E-state index < -0.39 is 0 Å². The molecule has 0 saturated heterocycles. The number of nitrogens with zero attached hydrogens (tertiary/aromatic N) is 2. The Morgan fingerprint density at radius 1 is 0.388 bits per heavy atom. The fourth-order valence-corrected chi connectivity index (χ4v) is 9.28. The maximum atomic E-state index is 12.8. The highest BCUT2D eigenvalue weighted by Crippen LogP contribution is 2.21. The minimum absolute atomic E-state index is 0.0449. The van der Waals surface area contributed by atoms with Gasteiger partial charge >= 0.3 is 11.9 Å². The molecule has 0 aliphatic carbocycles. The maximum absolute atomic E-state index is 12.8. The molecule has 2 unspecified atom stereocenters. The van der Waals surface area contributed by atoms with Crippen molar-refractivity contribution < 1.29 is 29.0 Å². The van der Waals surface area contributed by atoms with Crippen LogP contribution in [-0.4, -0.2) is 98.4 Å². The van der Waals surface area contributed by atoms with Crippen LogP contribution in [0.25, 0.3) is 0 Å². The highest BCUT2D eigenvalue weighted by molar-refractivity contribution is 5.75. The topological polar surface area (TPSA) is 108 Å². The molecule has 0 aliphatic heterocycles. The minimum atomic E-state index is 0.0449. The number of amides is 1. The normalized spacial score (nSPS) is 12.5. The third-order valence-corrected chi connectivity index (χ3v) is 13.9. The van der Waals surface area contributed by atoms with Gasteiger partial charge in [-0.2, -0.15) is 0 Å². The molecule has 0 saturated carbocycles. The number of hydrogen-bond acceptors (Lipinski definition) is 8. The SMILES string of the molecule is CCCCCCCC(=O)NCCCCN(CCO)CCN(CCCCCCCCCOC(=O)C(CCCC)CCCCCC)CCCCCCCCCOC(=O)C(CCCC)CCCCCC. The van der Waals surface area contributed by atoms with Crippen molar-refractivity contribution in [1.82, 2.24) is 15.1 Å². The molecule has 0 aromatic rings. The summed E-state index contributed by atoms with van der Waals surface area (Å²) in [5, 5.41) is 13.0. The van der Waals surface area contributed by atoms with E-state index in [1.807, 2.05) is 0 Å². The molecule has 9 heteroatoms. The summed E-state index contributed by atoms with van der Waals surface area (Å²) in [7, 11) is 0. The standard InChI is InChI=1S/C58H115N3O6/c1-6-11-16-25-32-43-56(63)59-44-33-36-47-61(50-51-62)49-48-60(45-34-26-21-19-23-28-37-52-66-57(64)54(39-14-9-4)41-30-17-12-7-2)46-35-27-22-20-24-29-38-53-67-58(65)55(40-15-10-5)42-31-18-13-8-3/h54-55,62H,6-53H2,1-5H3,(H,59,63). The molecule has 0 heterocycles. The van der Waals surface area contributed by atoms with Crippen molar-refractivity contribution in [2.75, 3.05) is 65.6 Å². The highest BCUT2D eigenvalue weighted by atomic mass is 16.5. The zero-order chi connectivity index (χ0) is 49.1. The second-order valence-corrected chi connectivity index (χ2v) is 20.3. The van der Waals surface area contributed by atoms with Crippen molar-refractivity contribution in [2.24, 2.45) is 11.8 Å². The molecule has 0 spiro atoms. The van der Waals surface area contributed by atoms with Crippen LogP contribution in [0.5, 0.6) is 0 Å². The fraction of sp³-hybridized carbons (Fsp3) is 0.948. The summed E-state index contributed by atoms with van der Waals surface area (Å²) >= 11 is 0. The van der Waals surface area contributed by atoms with Crippen LogP contribution in [0.15, 0.2) is 0 Å². The van der Waals surface area contributed by atoms with E-state index in [1.165, 1.54) is 122 Å². The summed E-state index contributed by atoms with van der Waals surface area (Å²) in [5.41, 5.74) is 0. The van der Waals surface area contributed by atoms with Crippen LogP contribution in [0.4, 0.5) is 0 Å². The molecule has 2 atom stereocenters. The van der Waals surface area contributed by atoms with E-state index in [0.29, 0.717) is 26.2 Å². The lowest BCUT2D eigenvalue weighted by molar-refractivity contribution is -0.150. The predicted molar refractivity (Wildman–Crippen MR) is 286 cm³/mol. The molecule has 2 N–H and O–H groups in total. The van der Waals surface area contributed by atoms with Crippen LogP contribution in [-0.2, 0) is 23.9 Å². The number of carbonyl (C=O) groups is 3. The van der Waals surface area contributed by atoms with Crippen molar-refractivity contribution in [3.8, 4) is 0 Å². The first-order valence-electron chi connectivity index (χ1n) is 29.5. The molecular weight excluding hydrogens is 835 g/mol. The monoisotopic (exact) mass is 950 g/mol. The number of unbranched alkanes of at least 4 members (excludes halogenated alkanes) is 25. The van der Waals surface area contributed by atoms with Crippen molar-refractivity contribution in [3.05, 3.63) is 0 Å². The zero-order valence-corrected chi connectivity index (χ0v) is 45.5. The predicted octanol–water partition coefficient (Wildman–Crippen LogP) is 14.9. The van der Waals surface area contributed by atoms with Crippen LogP contribution in [0, 0.1) is 11.8 Å². The number of aliphatic hydroxyl groups excluding tert-OH is 1. The van der Waals surface area contributed by atoms with E-state index in [0.717, 1.165) is 155 Å². The average Bonchev–Trinajstić information content (AvgIpc) is 3.33. The van der Waals surface area contributed by atoms with Gasteiger partial charge in [-0.1, -0.05) is 202 Å². The van der Waals surface area contributed by atoms with Crippen LogP contribution < -0.4 is 5.32 Å². The van der Waals surface area contributed by atoms with Crippen LogP contribution in [0.2, 0.25) is 0 Å². The first-order valence-corrected chi connectivity index (χ1v) is 29.5. The highest BCUT2D eigenvalue weighted by Gasteiger charge is 2.20. The molecular formula is C58H115N3O6. The van der Waals surface area contributed by atoms with E-state index in [4.69, 9.17) is 9.47 Å². The molecule has 0 aromatic heterocycles. The zero-order valence-electron chi connectivity index (χ0n) is 45.5. The minimum Gasteiger partial charge on any atom is -0.465 e. The van der Waals surface area contributed by atoms with Gasteiger partial charge < -0.3 is 24.8 Å². The number of esters is 2. The van der Waals surface area contributed by atoms with Crippen LogP contribution in [0.3, 0.4) is 0 Å². The van der Waals surface area contributed by atoms with Crippen molar-refractivity contribution >= 4 is 17.8 Å². The van der Waals surface area contributed by atoms with Crippen molar-refractivity contribution in [1.29, 1.82) is 0 Å². The number of nitrogens with one attached hydrogen (secondary N) is 1. The lowest BCUT2D eigenvalue weighted by Crippen LogP contribution is -2.38. The lowest BCUT2D eigenvalue weighted by atomic mass is 9.95. The molecule has 0 radical (unpaired) electrons. The Morgan fingerprint density at radius 2 is 0.731 bits per heavy atom. The van der Waals surface area contributed by atoms with Gasteiger partial charge in [0.1, 0.15) is 0 Å². The molecule has 0 bridgehead atoms. The smallest absolute Gasteiger partial charge is 0.308 e. The number of ether oxygens (including phenoxy) is 2. The van der Waals surface area contributed by atoms with Crippen molar-refractivity contribution in [2.45, 2.75) is 279 Å². The molecule has 0 rings (SSSR count). The fourth-order valence-electron chi connectivity index (χ4n) is 9.28. The summed E-state index contributed by atoms with van der Waals surface area (Å²) in [6.07, 6.45) is 43.2. The Balaban J connectivity index is 4.71. The van der Waals surface area contributed by atoms with E-state index in [9.17, 15) is 19.5 Å². The van der Waals surface area contributed by atoms with Gasteiger partial charge in [0, 0.05) is 32.6 Å². The summed E-state index contributed by atoms with van der Waals surface area (Å²) in [6.45, 7) is 19.1. The lowest BCUT2D eigenvalue weighted by Gasteiger charge is -2.27. The Labute approximate surface area is 416 Å². The van der Waals surface area contributed by atoms with E-state index in [-0.39, 0.29) is 36.3 Å². The number of carbonyl (C=O) groups excluding carboxylic acids is 3. The number of rotatable bonds is 54. The molecule has 67 heavy (non-hydrogen) atoms. The summed E-state index contributed by atoms with van der Waals surface area (Å²) < 4.78 is 11.5. The van der Waals surface area contributed by atoms with Crippen molar-refractivity contribution in [3.63, 3.8) is 0 Å². The maximum Gasteiger partial charge on any atom is 0.308 e. The molecule has 9 nitrogen and oxygen atoms in total. The van der Waals surface area contributed by atoms with Gasteiger partial charge in [0.15, 0.2) is 0 Å². The van der Waals surface area contributed by atoms with Gasteiger partial charge in [-0.3, -0.25) is 19.3 Å². The second-order valence-electron chi connectivity index (χ2n) is 20.3. The van der Waals surface area contributed by atoms with Gasteiger partial charge in [-0.05, 0) is 90.3 Å². The van der Waals surface area contributed by atoms with Gasteiger partial charge in [0.2, 0.25) is 5.91 Å². The number of hydrogen-bond donors (Lipinski definition) is 2. The van der Waals surface area contributed by atoms with Gasteiger partial charge in [-0.25, -0.2) is 0 Å².